The van der Waals surface area contributed by atoms with Crippen LogP contribution >= 0.6 is 31.9 Å². The topological polar surface area (TPSA) is 72.5 Å². The molecule has 0 spiro atoms. The van der Waals surface area contributed by atoms with E-state index in [4.69, 9.17) is 15.6 Å². The van der Waals surface area contributed by atoms with Gasteiger partial charge in [-0.15, -0.1) is 0 Å². The van der Waals surface area contributed by atoms with Crippen LogP contribution in [-0.4, -0.2) is 18.2 Å². The summed E-state index contributed by atoms with van der Waals surface area (Å²) < 4.78 is 6.75. The fraction of sp³-hybridized carbons (Fsp3) is 0.300. The van der Waals surface area contributed by atoms with Crippen molar-refractivity contribution >= 4 is 37.8 Å². The Bertz CT molecular complexity index is 409. The molecule has 0 aliphatic heterocycles. The van der Waals surface area contributed by atoms with Gasteiger partial charge in [-0.2, -0.15) is 0 Å². The molecule has 6 heteroatoms. The van der Waals surface area contributed by atoms with Crippen LogP contribution in [0, 0.1) is 0 Å². The molecule has 0 amide bonds. The van der Waals surface area contributed by atoms with Crippen molar-refractivity contribution in [1.82, 2.24) is 0 Å². The van der Waals surface area contributed by atoms with Gasteiger partial charge in [0.15, 0.2) is 0 Å². The summed E-state index contributed by atoms with van der Waals surface area (Å²) in [5, 5.41) is 8.70. The number of hydrogen-bond donors (Lipinski definition) is 2. The van der Waals surface area contributed by atoms with Crippen LogP contribution in [0.15, 0.2) is 21.1 Å². The van der Waals surface area contributed by atoms with Crippen molar-refractivity contribution in [3.8, 4) is 5.75 Å². The molecule has 0 fully saturated rings. The highest BCUT2D eigenvalue weighted by molar-refractivity contribution is 9.11. The molecule has 0 aliphatic rings. The maximum Gasteiger partial charge on any atom is 0.305 e. The van der Waals surface area contributed by atoms with Crippen LogP contribution in [0.25, 0.3) is 0 Å². The highest BCUT2D eigenvalue weighted by atomic mass is 79.9. The molecule has 1 atom stereocenters. The predicted molar refractivity (Wildman–Crippen MR) is 67.6 cm³/mol. The van der Waals surface area contributed by atoms with Crippen LogP contribution in [-0.2, 0) is 4.79 Å². The number of ether oxygens (including phenoxy) is 1. The first-order valence-corrected chi connectivity index (χ1v) is 6.04. The van der Waals surface area contributed by atoms with Crippen LogP contribution < -0.4 is 10.5 Å². The molecule has 1 rings (SSSR count). The number of methoxy groups -OCH3 is 1. The van der Waals surface area contributed by atoms with E-state index in [1.165, 1.54) is 7.11 Å². The van der Waals surface area contributed by atoms with Crippen molar-refractivity contribution in [2.24, 2.45) is 5.73 Å². The van der Waals surface area contributed by atoms with Crippen molar-refractivity contribution in [1.29, 1.82) is 0 Å². The largest absolute Gasteiger partial charge is 0.495 e. The quantitative estimate of drug-likeness (QED) is 0.873. The minimum Gasteiger partial charge on any atom is -0.495 e. The number of hydrogen-bond acceptors (Lipinski definition) is 3. The van der Waals surface area contributed by atoms with E-state index in [0.29, 0.717) is 11.3 Å². The third-order valence-electron chi connectivity index (χ3n) is 2.04. The molecule has 0 aliphatic carbocycles. The van der Waals surface area contributed by atoms with Gasteiger partial charge >= 0.3 is 5.97 Å². The number of aliphatic carboxylic acids is 1. The average molecular weight is 353 g/mol. The lowest BCUT2D eigenvalue weighted by molar-refractivity contribution is -0.137. The summed E-state index contributed by atoms with van der Waals surface area (Å²) in [6.07, 6.45) is -0.140. The maximum absolute atomic E-state index is 10.6. The molecule has 1 aromatic rings. The molecule has 88 valence electrons. The predicted octanol–water partition coefficient (Wildman–Crippen LogP) is 2.69. The summed E-state index contributed by atoms with van der Waals surface area (Å²) in [4.78, 5) is 10.6. The summed E-state index contributed by atoms with van der Waals surface area (Å²) in [6, 6.07) is 2.98. The van der Waals surface area contributed by atoms with Gasteiger partial charge in [0.25, 0.3) is 0 Å². The first-order chi connectivity index (χ1) is 7.45. The van der Waals surface area contributed by atoms with E-state index in [-0.39, 0.29) is 6.42 Å². The average Bonchev–Trinajstić information content (AvgIpc) is 2.15. The van der Waals surface area contributed by atoms with E-state index >= 15 is 0 Å². The molecule has 1 unspecified atom stereocenters. The van der Waals surface area contributed by atoms with Gasteiger partial charge in [-0.05, 0) is 28.1 Å². The third-order valence-corrected chi connectivity index (χ3v) is 3.08. The van der Waals surface area contributed by atoms with Crippen molar-refractivity contribution < 1.29 is 14.6 Å². The Labute approximate surface area is 110 Å². The van der Waals surface area contributed by atoms with Gasteiger partial charge in [0.1, 0.15) is 5.75 Å². The monoisotopic (exact) mass is 351 g/mol. The number of carbonyl (C=O) groups is 1. The van der Waals surface area contributed by atoms with Crippen molar-refractivity contribution in [3.05, 3.63) is 26.6 Å². The van der Waals surface area contributed by atoms with Gasteiger partial charge in [-0.1, -0.05) is 15.9 Å². The van der Waals surface area contributed by atoms with Gasteiger partial charge in [0.05, 0.1) is 18.0 Å². The van der Waals surface area contributed by atoms with E-state index in [0.717, 1.165) is 8.95 Å². The minimum atomic E-state index is -0.939. The van der Waals surface area contributed by atoms with E-state index in [1.807, 2.05) is 6.07 Å². The number of carboxylic acid groups (broad SMARTS) is 1. The lowest BCUT2D eigenvalue weighted by Gasteiger charge is -2.16. The number of halogens is 2. The third kappa shape index (κ3) is 3.20. The van der Waals surface area contributed by atoms with Crippen molar-refractivity contribution in [2.75, 3.05) is 7.11 Å². The Morgan fingerprint density at radius 1 is 1.56 bits per heavy atom. The highest BCUT2D eigenvalue weighted by Crippen LogP contribution is 2.36. The second-order valence-electron chi connectivity index (χ2n) is 3.21. The second kappa shape index (κ2) is 5.65. The molecule has 0 saturated carbocycles. The summed E-state index contributed by atoms with van der Waals surface area (Å²) in [6.45, 7) is 0. The van der Waals surface area contributed by atoms with Gasteiger partial charge in [0, 0.05) is 16.1 Å². The lowest BCUT2D eigenvalue weighted by atomic mass is 10.0. The number of rotatable bonds is 4. The van der Waals surface area contributed by atoms with E-state index in [2.05, 4.69) is 31.9 Å². The molecule has 0 heterocycles. The minimum absolute atomic E-state index is 0.140. The zero-order valence-electron chi connectivity index (χ0n) is 8.54. The molecule has 4 nitrogen and oxygen atoms in total. The van der Waals surface area contributed by atoms with Gasteiger partial charge < -0.3 is 15.6 Å². The molecule has 16 heavy (non-hydrogen) atoms. The Morgan fingerprint density at radius 2 is 2.19 bits per heavy atom. The molecule has 0 bridgehead atoms. The van der Waals surface area contributed by atoms with Crippen LogP contribution in [0.1, 0.15) is 18.0 Å². The molecular weight excluding hydrogens is 342 g/mol. The molecule has 0 saturated heterocycles. The first-order valence-electron chi connectivity index (χ1n) is 4.46. The summed E-state index contributed by atoms with van der Waals surface area (Å²) in [7, 11) is 1.52. The Balaban J connectivity index is 3.15. The Morgan fingerprint density at radius 3 is 2.69 bits per heavy atom. The Kier molecular flexibility index (Phi) is 4.76. The summed E-state index contributed by atoms with van der Waals surface area (Å²) >= 11 is 6.66. The molecule has 0 radical (unpaired) electrons. The molecule has 1 aromatic carbocycles. The van der Waals surface area contributed by atoms with Gasteiger partial charge in [0.2, 0.25) is 0 Å². The van der Waals surface area contributed by atoms with E-state index in [9.17, 15) is 4.79 Å². The van der Waals surface area contributed by atoms with Gasteiger partial charge in [-0.25, -0.2) is 0 Å². The van der Waals surface area contributed by atoms with Crippen LogP contribution in [0.5, 0.6) is 5.75 Å². The second-order valence-corrected chi connectivity index (χ2v) is 4.98. The first kappa shape index (κ1) is 13.5. The van der Waals surface area contributed by atoms with Gasteiger partial charge in [-0.3, -0.25) is 4.79 Å². The van der Waals surface area contributed by atoms with Crippen molar-refractivity contribution in [2.45, 2.75) is 12.5 Å². The molecule has 3 N–H and O–H groups in total. The summed E-state index contributed by atoms with van der Waals surface area (Å²) in [5.74, 6) is -0.373. The van der Waals surface area contributed by atoms with E-state index < -0.39 is 12.0 Å². The summed E-state index contributed by atoms with van der Waals surface area (Å²) in [5.41, 5.74) is 6.47. The molecule has 0 aromatic heterocycles. The number of nitrogens with two attached hydrogens (primary N) is 1. The highest BCUT2D eigenvalue weighted by Gasteiger charge is 2.18. The normalized spacial score (nSPS) is 12.2. The fourth-order valence-corrected chi connectivity index (χ4v) is 2.79. The molecular formula is C10H11Br2NO3. The van der Waals surface area contributed by atoms with E-state index in [1.54, 1.807) is 6.07 Å². The van der Waals surface area contributed by atoms with Crippen LogP contribution in [0.3, 0.4) is 0 Å². The van der Waals surface area contributed by atoms with Crippen molar-refractivity contribution in [3.63, 3.8) is 0 Å². The lowest BCUT2D eigenvalue weighted by Crippen LogP contribution is -2.16. The zero-order chi connectivity index (χ0) is 12.3. The van der Waals surface area contributed by atoms with Crippen LogP contribution in [0.4, 0.5) is 0 Å². The standard InChI is InChI=1S/C10H11Br2NO3/c1-16-10-6(8(13)4-9(14)15)2-5(11)3-7(10)12/h2-3,8H,4,13H2,1H3,(H,14,15). The Hall–Kier alpha value is -0.590. The van der Waals surface area contributed by atoms with Crippen LogP contribution in [0.2, 0.25) is 0 Å². The number of carboxylic acids is 1. The maximum atomic E-state index is 10.6. The smallest absolute Gasteiger partial charge is 0.305 e. The SMILES string of the molecule is COc1c(Br)cc(Br)cc1C(N)CC(=O)O. The fourth-order valence-electron chi connectivity index (χ4n) is 1.37. The number of benzene rings is 1. The zero-order valence-corrected chi connectivity index (χ0v) is 11.7.